The van der Waals surface area contributed by atoms with E-state index in [2.05, 4.69) is 5.32 Å². The fourth-order valence-electron chi connectivity index (χ4n) is 3.29. The maximum absolute atomic E-state index is 12.7. The third kappa shape index (κ3) is 4.36. The van der Waals surface area contributed by atoms with Gasteiger partial charge in [-0.1, -0.05) is 0 Å². The second kappa shape index (κ2) is 8.34. The van der Waals surface area contributed by atoms with E-state index in [9.17, 15) is 18.0 Å². The van der Waals surface area contributed by atoms with Crippen LogP contribution in [0.25, 0.3) is 11.0 Å². The van der Waals surface area contributed by atoms with Gasteiger partial charge >= 0.3 is 5.69 Å². The van der Waals surface area contributed by atoms with E-state index in [1.54, 1.807) is 38.4 Å². The molecule has 0 aliphatic rings. The number of nitrogens with one attached hydrogen (secondary N) is 1. The second-order valence-electron chi connectivity index (χ2n) is 6.96. The monoisotopic (exact) mass is 448 g/mol. The first-order valence-electron chi connectivity index (χ1n) is 9.22. The van der Waals surface area contributed by atoms with Crippen LogP contribution in [0.15, 0.2) is 41.2 Å². The molecule has 1 N–H and O–H groups in total. The highest BCUT2D eigenvalue weighted by Crippen LogP contribution is 2.33. The van der Waals surface area contributed by atoms with Gasteiger partial charge in [0.2, 0.25) is 15.9 Å². The third-order valence-electron chi connectivity index (χ3n) is 4.90. The Morgan fingerprint density at radius 1 is 1.03 bits per heavy atom. The molecule has 31 heavy (non-hydrogen) atoms. The minimum Gasteiger partial charge on any atom is -0.497 e. The number of methoxy groups -OCH3 is 2. The highest BCUT2D eigenvalue weighted by Gasteiger charge is 2.24. The quantitative estimate of drug-likeness (QED) is 0.583. The van der Waals surface area contributed by atoms with Gasteiger partial charge in [-0.3, -0.25) is 18.2 Å². The summed E-state index contributed by atoms with van der Waals surface area (Å²) in [7, 11) is 2.38. The fraction of sp³-hybridized carbons (Fsp3) is 0.300. The van der Waals surface area contributed by atoms with Crippen molar-refractivity contribution < 1.29 is 22.7 Å². The number of fused-ring (bicyclic) bond motifs is 1. The number of sulfonamides is 1. The van der Waals surface area contributed by atoms with E-state index in [1.165, 1.54) is 35.5 Å². The molecule has 2 aromatic carbocycles. The molecular weight excluding hydrogens is 424 g/mol. The summed E-state index contributed by atoms with van der Waals surface area (Å²) in [5.74, 6) is 0.183. The Bertz CT molecular complexity index is 1310. The van der Waals surface area contributed by atoms with Crippen LogP contribution in [0, 0.1) is 0 Å². The molecule has 0 fully saturated rings. The van der Waals surface area contributed by atoms with Crippen LogP contribution in [-0.4, -0.2) is 50.5 Å². The summed E-state index contributed by atoms with van der Waals surface area (Å²) in [6.45, 7) is -0.465. The lowest BCUT2D eigenvalue weighted by Gasteiger charge is -2.24. The average Bonchev–Trinajstić information content (AvgIpc) is 2.94. The van der Waals surface area contributed by atoms with Crippen molar-refractivity contribution in [1.29, 1.82) is 0 Å². The highest BCUT2D eigenvalue weighted by atomic mass is 32.2. The summed E-state index contributed by atoms with van der Waals surface area (Å²) in [6.07, 6.45) is 1.01. The molecule has 3 aromatic rings. The molecule has 166 valence electrons. The van der Waals surface area contributed by atoms with Gasteiger partial charge in [-0.05, 0) is 30.3 Å². The summed E-state index contributed by atoms with van der Waals surface area (Å²) in [6, 6.07) is 9.66. The number of carbonyl (C=O) groups is 1. The molecule has 0 spiro atoms. The topological polar surface area (TPSA) is 112 Å². The number of hydrogen-bond acceptors (Lipinski definition) is 6. The van der Waals surface area contributed by atoms with Crippen molar-refractivity contribution in [1.82, 2.24) is 9.13 Å². The van der Waals surface area contributed by atoms with Gasteiger partial charge in [-0.2, -0.15) is 0 Å². The van der Waals surface area contributed by atoms with Crippen LogP contribution in [0.5, 0.6) is 11.5 Å². The minimum absolute atomic E-state index is 0.187. The fourth-order valence-corrected chi connectivity index (χ4v) is 4.15. The summed E-state index contributed by atoms with van der Waals surface area (Å²) in [5.41, 5.74) is 1.82. The van der Waals surface area contributed by atoms with E-state index in [0.29, 0.717) is 22.5 Å². The number of nitrogens with zero attached hydrogens (tertiary/aromatic N) is 3. The molecule has 0 bridgehead atoms. The first-order chi connectivity index (χ1) is 14.6. The molecule has 1 aromatic heterocycles. The molecule has 0 atom stereocenters. The molecule has 1 heterocycles. The van der Waals surface area contributed by atoms with Crippen LogP contribution < -0.4 is 24.8 Å². The van der Waals surface area contributed by atoms with Gasteiger partial charge in [0.1, 0.15) is 18.0 Å². The van der Waals surface area contributed by atoms with Crippen molar-refractivity contribution in [3.05, 3.63) is 46.9 Å². The van der Waals surface area contributed by atoms with Crippen molar-refractivity contribution >= 4 is 38.3 Å². The lowest BCUT2D eigenvalue weighted by atomic mass is 10.2. The predicted molar refractivity (Wildman–Crippen MR) is 119 cm³/mol. The first-order valence-corrected chi connectivity index (χ1v) is 11.1. The minimum atomic E-state index is -3.80. The predicted octanol–water partition coefficient (Wildman–Crippen LogP) is 1.30. The number of carbonyl (C=O) groups excluding carboxylic acids is 1. The van der Waals surface area contributed by atoms with Gasteiger partial charge < -0.3 is 14.8 Å². The van der Waals surface area contributed by atoms with Gasteiger partial charge in [0.15, 0.2) is 0 Å². The Balaban J connectivity index is 1.90. The molecule has 0 unspecified atom stereocenters. The van der Waals surface area contributed by atoms with Gasteiger partial charge in [0, 0.05) is 25.8 Å². The van der Waals surface area contributed by atoms with E-state index < -0.39 is 22.5 Å². The number of hydrogen-bond donors (Lipinski definition) is 1. The number of amides is 1. The molecule has 0 saturated heterocycles. The summed E-state index contributed by atoms with van der Waals surface area (Å²) in [4.78, 5) is 24.8. The summed E-state index contributed by atoms with van der Waals surface area (Å²) < 4.78 is 39.2. The SMILES string of the molecule is COc1ccc(N(CC(=O)Nc2ccc3c(c2)n(C)c(=O)n3C)S(C)(=O)=O)c(OC)c1. The van der Waals surface area contributed by atoms with E-state index in [0.717, 1.165) is 10.6 Å². The maximum atomic E-state index is 12.7. The number of rotatable bonds is 7. The van der Waals surface area contributed by atoms with E-state index in [4.69, 9.17) is 9.47 Å². The van der Waals surface area contributed by atoms with Crippen molar-refractivity contribution in [3.8, 4) is 11.5 Å². The Morgan fingerprint density at radius 2 is 1.71 bits per heavy atom. The number of ether oxygens (including phenoxy) is 2. The normalized spacial score (nSPS) is 11.4. The van der Waals surface area contributed by atoms with Crippen LogP contribution in [0.2, 0.25) is 0 Å². The Hall–Kier alpha value is -3.47. The Kier molecular flexibility index (Phi) is 5.98. The molecule has 3 rings (SSSR count). The summed E-state index contributed by atoms with van der Waals surface area (Å²) in [5, 5.41) is 2.69. The maximum Gasteiger partial charge on any atom is 0.328 e. The van der Waals surface area contributed by atoms with Gasteiger partial charge in [-0.15, -0.1) is 0 Å². The van der Waals surface area contributed by atoms with Crippen molar-refractivity contribution in [2.24, 2.45) is 14.1 Å². The zero-order valence-electron chi connectivity index (χ0n) is 17.9. The van der Waals surface area contributed by atoms with E-state index >= 15 is 0 Å². The molecule has 0 aliphatic carbocycles. The van der Waals surface area contributed by atoms with Crippen molar-refractivity contribution in [2.45, 2.75) is 0 Å². The number of anilines is 2. The smallest absolute Gasteiger partial charge is 0.328 e. The van der Waals surface area contributed by atoms with Crippen LogP contribution in [-0.2, 0) is 28.9 Å². The van der Waals surface area contributed by atoms with Crippen LogP contribution in [0.4, 0.5) is 11.4 Å². The average molecular weight is 449 g/mol. The molecule has 11 heteroatoms. The zero-order valence-corrected chi connectivity index (χ0v) is 18.7. The molecule has 1 amide bonds. The van der Waals surface area contributed by atoms with Crippen molar-refractivity contribution in [3.63, 3.8) is 0 Å². The number of aromatic nitrogens is 2. The molecule has 10 nitrogen and oxygen atoms in total. The first kappa shape index (κ1) is 22.2. The van der Waals surface area contributed by atoms with Crippen molar-refractivity contribution in [2.75, 3.05) is 36.6 Å². The Labute approximate surface area is 179 Å². The molecule has 0 radical (unpaired) electrons. The van der Waals surface area contributed by atoms with Gasteiger partial charge in [0.25, 0.3) is 0 Å². The van der Waals surface area contributed by atoms with E-state index in [-0.39, 0.29) is 17.1 Å². The summed E-state index contributed by atoms with van der Waals surface area (Å²) >= 11 is 0. The standard InChI is InChI=1S/C20H24N4O6S/c1-22-15-8-6-13(10-17(15)23(2)20(22)26)21-19(25)12-24(31(5,27)28)16-9-7-14(29-3)11-18(16)30-4/h6-11H,12H2,1-5H3,(H,21,25). The number of aryl methyl sites for hydroxylation is 2. The second-order valence-corrected chi connectivity index (χ2v) is 8.87. The molecule has 0 aliphatic heterocycles. The zero-order chi connectivity index (χ0) is 22.9. The number of benzene rings is 2. The molecular formula is C20H24N4O6S. The van der Waals surface area contributed by atoms with Gasteiger partial charge in [0.05, 0.1) is 37.2 Å². The largest absolute Gasteiger partial charge is 0.497 e. The highest BCUT2D eigenvalue weighted by molar-refractivity contribution is 7.92. The van der Waals surface area contributed by atoms with Crippen LogP contribution in [0.1, 0.15) is 0 Å². The van der Waals surface area contributed by atoms with E-state index in [1.807, 2.05) is 0 Å². The third-order valence-corrected chi connectivity index (χ3v) is 6.03. The Morgan fingerprint density at radius 3 is 2.32 bits per heavy atom. The number of imidazole rings is 1. The lowest BCUT2D eigenvalue weighted by Crippen LogP contribution is -2.37. The van der Waals surface area contributed by atoms with Crippen LogP contribution in [0.3, 0.4) is 0 Å². The van der Waals surface area contributed by atoms with Gasteiger partial charge in [-0.25, -0.2) is 13.2 Å². The van der Waals surface area contributed by atoms with Crippen LogP contribution >= 0.6 is 0 Å². The lowest BCUT2D eigenvalue weighted by molar-refractivity contribution is -0.114. The molecule has 0 saturated carbocycles.